The van der Waals surface area contributed by atoms with Crippen LogP contribution in [0.5, 0.6) is 0 Å². The Kier molecular flexibility index (Phi) is 5.02. The molecule has 2 heterocycles. The van der Waals surface area contributed by atoms with E-state index in [9.17, 15) is 9.59 Å². The molecule has 0 saturated carbocycles. The normalized spacial score (nSPS) is 29.4. The maximum absolute atomic E-state index is 12.5. The van der Waals surface area contributed by atoms with Crippen molar-refractivity contribution in [3.05, 3.63) is 0 Å². The van der Waals surface area contributed by atoms with Crippen molar-refractivity contribution in [3.8, 4) is 0 Å². The van der Waals surface area contributed by atoms with E-state index in [1.165, 1.54) is 6.42 Å². The Labute approximate surface area is 121 Å². The third kappa shape index (κ3) is 3.51. The molecule has 0 unspecified atom stereocenters. The molecule has 114 valence electrons. The van der Waals surface area contributed by atoms with E-state index in [1.807, 2.05) is 0 Å². The predicted molar refractivity (Wildman–Crippen MR) is 78.0 cm³/mol. The van der Waals surface area contributed by atoms with Crippen molar-refractivity contribution in [2.45, 2.75) is 58.0 Å². The highest BCUT2D eigenvalue weighted by molar-refractivity contribution is 5.79. The first-order valence-corrected chi connectivity index (χ1v) is 7.82. The summed E-state index contributed by atoms with van der Waals surface area (Å²) in [5.74, 6) is 0.0330. The zero-order valence-electron chi connectivity index (χ0n) is 12.7. The highest BCUT2D eigenvalue weighted by Crippen LogP contribution is 2.23. The van der Waals surface area contributed by atoms with Crippen LogP contribution < -0.4 is 5.73 Å². The summed E-state index contributed by atoms with van der Waals surface area (Å²) in [6, 6.07) is 0.712. The fourth-order valence-electron chi connectivity index (χ4n) is 3.56. The van der Waals surface area contributed by atoms with Crippen LogP contribution in [0.1, 0.15) is 46.0 Å². The zero-order chi connectivity index (χ0) is 14.7. The van der Waals surface area contributed by atoms with E-state index in [4.69, 9.17) is 5.73 Å². The number of nitrogens with two attached hydrogens (primary N) is 1. The fraction of sp³-hybridized carbons (Fsp3) is 0.867. The minimum absolute atomic E-state index is 0.00538. The number of primary amides is 1. The highest BCUT2D eigenvalue weighted by Gasteiger charge is 2.31. The number of carbonyl (C=O) groups excluding carboxylic acids is 2. The van der Waals surface area contributed by atoms with Gasteiger partial charge in [0, 0.05) is 18.0 Å². The second kappa shape index (κ2) is 6.57. The van der Waals surface area contributed by atoms with Gasteiger partial charge in [-0.1, -0.05) is 0 Å². The maximum atomic E-state index is 12.5. The van der Waals surface area contributed by atoms with Crippen molar-refractivity contribution in [2.24, 2.45) is 11.7 Å². The van der Waals surface area contributed by atoms with Gasteiger partial charge in [-0.15, -0.1) is 0 Å². The molecule has 0 radical (unpaired) electrons. The lowest BCUT2D eigenvalue weighted by molar-refractivity contribution is -0.138. The maximum Gasteiger partial charge on any atom is 0.237 e. The Bertz CT molecular complexity index is 354. The van der Waals surface area contributed by atoms with Crippen molar-refractivity contribution in [1.82, 2.24) is 9.80 Å². The van der Waals surface area contributed by atoms with Gasteiger partial charge in [-0.3, -0.25) is 14.5 Å². The number of likely N-dealkylation sites (tertiary alicyclic amines) is 2. The minimum atomic E-state index is -0.200. The molecule has 0 aromatic heterocycles. The standard InChI is InChI=1S/C15H27N3O2/c1-11-4-3-5-12(2)18(11)14(19)10-17-8-6-13(7-9-17)15(16)20/h11-13H,3-10H2,1-2H3,(H2,16,20)/t11-,12-/m0/s1. The van der Waals surface area contributed by atoms with Gasteiger partial charge in [-0.2, -0.15) is 0 Å². The van der Waals surface area contributed by atoms with Gasteiger partial charge < -0.3 is 10.6 Å². The molecule has 2 aliphatic heterocycles. The van der Waals surface area contributed by atoms with Crippen molar-refractivity contribution in [3.63, 3.8) is 0 Å². The summed E-state index contributed by atoms with van der Waals surface area (Å²) >= 11 is 0. The van der Waals surface area contributed by atoms with Crippen molar-refractivity contribution in [2.75, 3.05) is 19.6 Å². The topological polar surface area (TPSA) is 66.6 Å². The number of carbonyl (C=O) groups is 2. The molecule has 0 aliphatic carbocycles. The van der Waals surface area contributed by atoms with Gasteiger partial charge in [0.1, 0.15) is 0 Å². The molecule has 0 spiro atoms. The molecule has 2 fully saturated rings. The summed E-state index contributed by atoms with van der Waals surface area (Å²) in [6.45, 7) is 6.38. The first kappa shape index (κ1) is 15.3. The molecule has 5 heteroatoms. The lowest BCUT2D eigenvalue weighted by atomic mass is 9.95. The number of hydrogen-bond acceptors (Lipinski definition) is 3. The monoisotopic (exact) mass is 281 g/mol. The summed E-state index contributed by atoms with van der Waals surface area (Å²) in [5.41, 5.74) is 5.33. The average Bonchev–Trinajstić information content (AvgIpc) is 2.39. The summed E-state index contributed by atoms with van der Waals surface area (Å²) in [7, 11) is 0. The third-order valence-electron chi connectivity index (χ3n) is 4.83. The Morgan fingerprint density at radius 3 is 2.10 bits per heavy atom. The van der Waals surface area contributed by atoms with Crippen molar-refractivity contribution < 1.29 is 9.59 Å². The molecule has 0 bridgehead atoms. The molecular formula is C15H27N3O2. The number of rotatable bonds is 3. The summed E-state index contributed by atoms with van der Waals surface area (Å²) < 4.78 is 0. The molecule has 0 aromatic carbocycles. The first-order chi connectivity index (χ1) is 9.49. The van der Waals surface area contributed by atoms with E-state index in [0.717, 1.165) is 38.8 Å². The SMILES string of the molecule is C[C@H]1CCC[C@H](C)N1C(=O)CN1CCC(C(N)=O)CC1. The molecule has 2 N–H and O–H groups in total. The van der Waals surface area contributed by atoms with Gasteiger partial charge in [0.25, 0.3) is 0 Å². The van der Waals surface area contributed by atoms with Gasteiger partial charge in [0.2, 0.25) is 11.8 Å². The Morgan fingerprint density at radius 1 is 1.05 bits per heavy atom. The van der Waals surface area contributed by atoms with Crippen LogP contribution in [-0.4, -0.2) is 53.3 Å². The van der Waals surface area contributed by atoms with Crippen LogP contribution in [0.15, 0.2) is 0 Å². The first-order valence-electron chi connectivity index (χ1n) is 7.82. The Balaban J connectivity index is 1.84. The van der Waals surface area contributed by atoms with Gasteiger partial charge in [-0.05, 0) is 59.0 Å². The summed E-state index contributed by atoms with van der Waals surface area (Å²) in [6.07, 6.45) is 5.01. The zero-order valence-corrected chi connectivity index (χ0v) is 12.7. The molecule has 20 heavy (non-hydrogen) atoms. The van der Waals surface area contributed by atoms with Crippen molar-refractivity contribution >= 4 is 11.8 Å². The van der Waals surface area contributed by atoms with E-state index < -0.39 is 0 Å². The molecule has 5 nitrogen and oxygen atoms in total. The minimum Gasteiger partial charge on any atom is -0.369 e. The van der Waals surface area contributed by atoms with Crippen LogP contribution in [0.2, 0.25) is 0 Å². The molecule has 2 amide bonds. The fourth-order valence-corrected chi connectivity index (χ4v) is 3.56. The lowest BCUT2D eigenvalue weighted by Gasteiger charge is -2.40. The predicted octanol–water partition coefficient (Wildman–Crippen LogP) is 0.973. The van der Waals surface area contributed by atoms with Crippen LogP contribution in [-0.2, 0) is 9.59 Å². The van der Waals surface area contributed by atoms with Gasteiger partial charge in [0.15, 0.2) is 0 Å². The van der Waals surface area contributed by atoms with E-state index in [0.29, 0.717) is 18.6 Å². The number of hydrogen-bond donors (Lipinski definition) is 1. The van der Waals surface area contributed by atoms with Gasteiger partial charge in [0.05, 0.1) is 6.54 Å². The Morgan fingerprint density at radius 2 is 1.60 bits per heavy atom. The van der Waals surface area contributed by atoms with E-state index >= 15 is 0 Å². The molecule has 0 aromatic rings. The van der Waals surface area contributed by atoms with E-state index in [2.05, 4.69) is 23.6 Å². The van der Waals surface area contributed by atoms with Crippen LogP contribution in [0.3, 0.4) is 0 Å². The lowest BCUT2D eigenvalue weighted by Crippen LogP contribution is -2.52. The highest BCUT2D eigenvalue weighted by atomic mass is 16.2. The number of nitrogens with zero attached hydrogens (tertiary/aromatic N) is 2. The van der Waals surface area contributed by atoms with Crippen LogP contribution in [0.4, 0.5) is 0 Å². The molecule has 2 aliphatic rings. The number of amides is 2. The quantitative estimate of drug-likeness (QED) is 0.838. The van der Waals surface area contributed by atoms with E-state index in [1.54, 1.807) is 0 Å². The molecule has 2 atom stereocenters. The van der Waals surface area contributed by atoms with E-state index in [-0.39, 0.29) is 17.7 Å². The second-order valence-corrected chi connectivity index (χ2v) is 6.38. The van der Waals surface area contributed by atoms with Gasteiger partial charge in [-0.25, -0.2) is 0 Å². The second-order valence-electron chi connectivity index (χ2n) is 6.38. The molecule has 2 saturated heterocycles. The van der Waals surface area contributed by atoms with Crippen LogP contribution in [0.25, 0.3) is 0 Å². The smallest absolute Gasteiger partial charge is 0.237 e. The number of piperidine rings is 2. The molecular weight excluding hydrogens is 254 g/mol. The third-order valence-corrected chi connectivity index (χ3v) is 4.83. The average molecular weight is 281 g/mol. The summed E-state index contributed by atoms with van der Waals surface area (Å²) in [4.78, 5) is 27.9. The largest absolute Gasteiger partial charge is 0.369 e. The van der Waals surface area contributed by atoms with Crippen LogP contribution in [0, 0.1) is 5.92 Å². The van der Waals surface area contributed by atoms with Crippen molar-refractivity contribution in [1.29, 1.82) is 0 Å². The Hall–Kier alpha value is -1.10. The summed E-state index contributed by atoms with van der Waals surface area (Å²) in [5, 5.41) is 0. The van der Waals surface area contributed by atoms with Crippen LogP contribution >= 0.6 is 0 Å². The molecule has 2 rings (SSSR count). The van der Waals surface area contributed by atoms with Gasteiger partial charge >= 0.3 is 0 Å².